The van der Waals surface area contributed by atoms with Crippen LogP contribution >= 0.6 is 0 Å². The highest BCUT2D eigenvalue weighted by Gasteiger charge is 2.26. The zero-order valence-corrected chi connectivity index (χ0v) is 12.5. The van der Waals surface area contributed by atoms with Crippen molar-refractivity contribution in [2.45, 2.75) is 39.2 Å². The molecule has 1 aliphatic heterocycles. The molecule has 0 spiro atoms. The van der Waals surface area contributed by atoms with E-state index in [1.807, 2.05) is 25.1 Å². The Morgan fingerprint density at radius 2 is 1.95 bits per heavy atom. The summed E-state index contributed by atoms with van der Waals surface area (Å²) < 4.78 is 5.14. The third-order valence-corrected chi connectivity index (χ3v) is 4.11. The van der Waals surface area contributed by atoms with Gasteiger partial charge in [-0.1, -0.05) is 37.3 Å². The maximum atomic E-state index is 11.9. The van der Waals surface area contributed by atoms with Gasteiger partial charge in [-0.25, -0.2) is 0 Å². The quantitative estimate of drug-likeness (QED) is 0.771. The zero-order valence-electron chi connectivity index (χ0n) is 12.5. The highest BCUT2D eigenvalue weighted by molar-refractivity contribution is 5.70. The first-order valence-corrected chi connectivity index (χ1v) is 7.65. The Hall–Kier alpha value is -1.35. The molecule has 20 heavy (non-hydrogen) atoms. The molecule has 110 valence electrons. The fraction of sp³-hybridized carbons (Fsp3) is 0.588. The summed E-state index contributed by atoms with van der Waals surface area (Å²) in [6.07, 6.45) is 2.88. The lowest BCUT2D eigenvalue weighted by molar-refractivity contribution is -0.144. The van der Waals surface area contributed by atoms with Crippen LogP contribution in [0.4, 0.5) is 0 Å². The second-order valence-electron chi connectivity index (χ2n) is 5.65. The predicted octanol–water partition coefficient (Wildman–Crippen LogP) is 3.41. The van der Waals surface area contributed by atoms with E-state index in [0.717, 1.165) is 19.0 Å². The van der Waals surface area contributed by atoms with Gasteiger partial charge in [-0.15, -0.1) is 0 Å². The summed E-state index contributed by atoms with van der Waals surface area (Å²) in [7, 11) is 0. The number of carbonyl (C=O) groups excluding carboxylic acids is 1. The molecule has 0 N–H and O–H groups in total. The van der Waals surface area contributed by atoms with Crippen LogP contribution < -0.4 is 0 Å². The van der Waals surface area contributed by atoms with Gasteiger partial charge in [-0.3, -0.25) is 9.69 Å². The molecule has 1 heterocycles. The molecule has 1 aliphatic rings. The van der Waals surface area contributed by atoms with Crippen LogP contribution in [0.25, 0.3) is 0 Å². The first kappa shape index (κ1) is 15.0. The normalized spacial score (nSPS) is 18.7. The average Bonchev–Trinajstić information content (AvgIpc) is 2.47. The van der Waals surface area contributed by atoms with Crippen molar-refractivity contribution in [1.82, 2.24) is 4.90 Å². The lowest BCUT2D eigenvalue weighted by atomic mass is 9.94. The summed E-state index contributed by atoms with van der Waals surface area (Å²) in [5, 5.41) is 0. The number of benzene rings is 1. The molecular formula is C17H25NO2. The Balaban J connectivity index is 2.09. The Morgan fingerprint density at radius 3 is 2.55 bits per heavy atom. The minimum atomic E-state index is -0.0972. The smallest absolute Gasteiger partial charge is 0.307 e. The fourth-order valence-corrected chi connectivity index (χ4v) is 2.85. The first-order valence-electron chi connectivity index (χ1n) is 7.65. The standard InChI is InChI=1S/C17H25NO2/c1-3-20-17(19)13-16(15-7-5-4-6-8-15)18-11-9-14(2)10-12-18/h4-8,14,16H,3,9-13H2,1-2H3/t16-/m1/s1. The van der Waals surface area contributed by atoms with Crippen LogP contribution in [0.15, 0.2) is 30.3 Å². The number of piperidine rings is 1. The molecule has 3 nitrogen and oxygen atoms in total. The van der Waals surface area contributed by atoms with Crippen molar-refractivity contribution in [2.24, 2.45) is 5.92 Å². The van der Waals surface area contributed by atoms with Crippen LogP contribution in [0.5, 0.6) is 0 Å². The molecule has 0 bridgehead atoms. The minimum Gasteiger partial charge on any atom is -0.466 e. The molecule has 3 heteroatoms. The Labute approximate surface area is 121 Å². The number of likely N-dealkylation sites (tertiary alicyclic amines) is 1. The summed E-state index contributed by atoms with van der Waals surface area (Å²) in [4.78, 5) is 14.3. The molecule has 0 unspecified atom stereocenters. The number of rotatable bonds is 5. The minimum absolute atomic E-state index is 0.0972. The van der Waals surface area contributed by atoms with E-state index in [4.69, 9.17) is 4.74 Å². The zero-order chi connectivity index (χ0) is 14.4. The first-order chi connectivity index (χ1) is 9.70. The summed E-state index contributed by atoms with van der Waals surface area (Å²) in [6.45, 7) is 6.76. The highest BCUT2D eigenvalue weighted by atomic mass is 16.5. The lowest BCUT2D eigenvalue weighted by Crippen LogP contribution is -2.37. The largest absolute Gasteiger partial charge is 0.466 e. The molecule has 1 aromatic rings. The Kier molecular flexibility index (Phi) is 5.60. The summed E-state index contributed by atoms with van der Waals surface area (Å²) in [6, 6.07) is 10.5. The van der Waals surface area contributed by atoms with Crippen molar-refractivity contribution in [3.8, 4) is 0 Å². The van der Waals surface area contributed by atoms with Crippen LogP contribution in [0, 0.1) is 5.92 Å². The third kappa shape index (κ3) is 4.07. The van der Waals surface area contributed by atoms with Crippen LogP contribution in [0.3, 0.4) is 0 Å². The van der Waals surface area contributed by atoms with E-state index >= 15 is 0 Å². The SMILES string of the molecule is CCOC(=O)C[C@H](c1ccccc1)N1CCC(C)CC1. The fourth-order valence-electron chi connectivity index (χ4n) is 2.85. The maximum absolute atomic E-state index is 11.9. The van der Waals surface area contributed by atoms with Gasteiger partial charge in [0.2, 0.25) is 0 Å². The lowest BCUT2D eigenvalue weighted by Gasteiger charge is -2.36. The van der Waals surface area contributed by atoms with E-state index < -0.39 is 0 Å². The van der Waals surface area contributed by atoms with Crippen LogP contribution in [0.2, 0.25) is 0 Å². The van der Waals surface area contributed by atoms with E-state index in [1.165, 1.54) is 18.4 Å². The number of nitrogens with zero attached hydrogens (tertiary/aromatic N) is 1. The van der Waals surface area contributed by atoms with Crippen molar-refractivity contribution < 1.29 is 9.53 Å². The monoisotopic (exact) mass is 275 g/mol. The molecule has 1 atom stereocenters. The third-order valence-electron chi connectivity index (χ3n) is 4.11. The van der Waals surface area contributed by atoms with Gasteiger partial charge in [-0.2, -0.15) is 0 Å². The van der Waals surface area contributed by atoms with E-state index in [9.17, 15) is 4.79 Å². The summed E-state index contributed by atoms with van der Waals surface area (Å²) >= 11 is 0. The van der Waals surface area contributed by atoms with Gasteiger partial charge in [0.15, 0.2) is 0 Å². The molecule has 0 aromatic heterocycles. The molecule has 0 radical (unpaired) electrons. The van der Waals surface area contributed by atoms with Gasteiger partial charge in [0.05, 0.1) is 13.0 Å². The molecule has 1 aromatic carbocycles. The molecule has 0 amide bonds. The molecule has 2 rings (SSSR count). The second-order valence-corrected chi connectivity index (χ2v) is 5.65. The van der Waals surface area contributed by atoms with Gasteiger partial charge in [-0.05, 0) is 44.3 Å². The topological polar surface area (TPSA) is 29.5 Å². The van der Waals surface area contributed by atoms with E-state index in [-0.39, 0.29) is 12.0 Å². The number of carbonyl (C=O) groups is 1. The number of esters is 1. The number of ether oxygens (including phenoxy) is 1. The van der Waals surface area contributed by atoms with Gasteiger partial charge in [0.1, 0.15) is 0 Å². The average molecular weight is 275 g/mol. The van der Waals surface area contributed by atoms with Crippen molar-refractivity contribution in [3.05, 3.63) is 35.9 Å². The highest BCUT2D eigenvalue weighted by Crippen LogP contribution is 2.29. The van der Waals surface area contributed by atoms with Gasteiger partial charge in [0, 0.05) is 6.04 Å². The maximum Gasteiger partial charge on any atom is 0.307 e. The van der Waals surface area contributed by atoms with Gasteiger partial charge < -0.3 is 4.74 Å². The molecule has 1 fully saturated rings. The van der Waals surface area contributed by atoms with Crippen LogP contribution in [-0.4, -0.2) is 30.6 Å². The summed E-state index contributed by atoms with van der Waals surface area (Å²) in [5.41, 5.74) is 1.22. The van der Waals surface area contributed by atoms with Crippen LogP contribution in [-0.2, 0) is 9.53 Å². The van der Waals surface area contributed by atoms with Gasteiger partial charge in [0.25, 0.3) is 0 Å². The summed E-state index contributed by atoms with van der Waals surface area (Å²) in [5.74, 6) is 0.699. The predicted molar refractivity (Wildman–Crippen MR) is 80.4 cm³/mol. The Morgan fingerprint density at radius 1 is 1.30 bits per heavy atom. The van der Waals surface area contributed by atoms with Crippen molar-refractivity contribution in [3.63, 3.8) is 0 Å². The van der Waals surface area contributed by atoms with E-state index in [0.29, 0.717) is 13.0 Å². The number of hydrogen-bond donors (Lipinski definition) is 0. The molecular weight excluding hydrogens is 250 g/mol. The van der Waals surface area contributed by atoms with Crippen molar-refractivity contribution in [1.29, 1.82) is 0 Å². The molecule has 1 saturated heterocycles. The van der Waals surface area contributed by atoms with E-state index in [2.05, 4.69) is 24.0 Å². The second kappa shape index (κ2) is 7.44. The number of hydrogen-bond acceptors (Lipinski definition) is 3. The van der Waals surface area contributed by atoms with Crippen LogP contribution in [0.1, 0.15) is 44.7 Å². The Bertz CT molecular complexity index is 410. The van der Waals surface area contributed by atoms with Crippen molar-refractivity contribution >= 4 is 5.97 Å². The van der Waals surface area contributed by atoms with E-state index in [1.54, 1.807) is 0 Å². The molecule has 0 saturated carbocycles. The van der Waals surface area contributed by atoms with Gasteiger partial charge >= 0.3 is 5.97 Å². The van der Waals surface area contributed by atoms with Crippen molar-refractivity contribution in [2.75, 3.05) is 19.7 Å². The molecule has 0 aliphatic carbocycles.